The SMILES string of the molecule is O=S1N=C(NCCO)C(NCC2CCCCC2)=N1. The number of amidine groups is 2. The molecular formula is C11H20N4O2S. The fraction of sp³-hybridized carbons (Fsp3) is 0.818. The van der Waals surface area contributed by atoms with E-state index in [2.05, 4.69) is 19.4 Å². The summed E-state index contributed by atoms with van der Waals surface area (Å²) in [6, 6.07) is 0. The summed E-state index contributed by atoms with van der Waals surface area (Å²) in [5, 5.41) is 14.9. The molecule has 3 N–H and O–H groups in total. The molecule has 102 valence electrons. The van der Waals surface area contributed by atoms with Gasteiger partial charge in [-0.15, -0.1) is 8.80 Å². The van der Waals surface area contributed by atoms with Gasteiger partial charge in [0.15, 0.2) is 11.7 Å². The normalized spacial score (nSPS) is 24.6. The second-order valence-corrected chi connectivity index (χ2v) is 5.47. The zero-order valence-electron chi connectivity index (χ0n) is 10.4. The summed E-state index contributed by atoms with van der Waals surface area (Å²) in [5.74, 6) is 1.74. The Bertz CT molecular complexity index is 364. The molecule has 2 aliphatic rings. The van der Waals surface area contributed by atoms with E-state index >= 15 is 0 Å². The molecule has 0 spiro atoms. The molecule has 0 saturated heterocycles. The molecule has 1 aliphatic carbocycles. The number of aliphatic hydroxyl groups excluding tert-OH is 1. The Kier molecular flexibility index (Phi) is 5.12. The topological polar surface area (TPSA) is 86.1 Å². The number of nitrogens with zero attached hydrogens (tertiary/aromatic N) is 2. The number of aliphatic hydroxyl groups is 1. The zero-order valence-corrected chi connectivity index (χ0v) is 11.2. The number of rotatable bonds is 4. The molecule has 1 aliphatic heterocycles. The second-order valence-electron chi connectivity index (χ2n) is 4.65. The van der Waals surface area contributed by atoms with E-state index < -0.39 is 11.2 Å². The minimum atomic E-state index is -1.52. The molecule has 0 aromatic carbocycles. The molecular weight excluding hydrogens is 252 g/mol. The van der Waals surface area contributed by atoms with Gasteiger partial charge in [-0.2, -0.15) is 0 Å². The van der Waals surface area contributed by atoms with Gasteiger partial charge in [-0.05, 0) is 18.8 Å². The highest BCUT2D eigenvalue weighted by Crippen LogP contribution is 2.22. The van der Waals surface area contributed by atoms with Gasteiger partial charge in [0.1, 0.15) is 0 Å². The van der Waals surface area contributed by atoms with Gasteiger partial charge in [-0.1, -0.05) is 19.3 Å². The number of hydrogen-bond donors (Lipinski definition) is 3. The van der Waals surface area contributed by atoms with Crippen LogP contribution in [0.15, 0.2) is 8.80 Å². The Labute approximate surface area is 110 Å². The van der Waals surface area contributed by atoms with Crippen molar-refractivity contribution in [3.63, 3.8) is 0 Å². The lowest BCUT2D eigenvalue weighted by Crippen LogP contribution is -2.41. The molecule has 1 atom stereocenters. The summed E-state index contributed by atoms with van der Waals surface area (Å²) in [6.07, 6.45) is 6.44. The fourth-order valence-corrected chi connectivity index (χ4v) is 2.96. The van der Waals surface area contributed by atoms with Crippen LogP contribution < -0.4 is 10.6 Å². The second kappa shape index (κ2) is 6.84. The molecule has 0 bridgehead atoms. The van der Waals surface area contributed by atoms with E-state index in [0.717, 1.165) is 6.54 Å². The molecule has 1 unspecified atom stereocenters. The summed E-state index contributed by atoms with van der Waals surface area (Å²) in [6.45, 7) is 1.26. The van der Waals surface area contributed by atoms with Crippen LogP contribution in [0, 0.1) is 5.92 Å². The average Bonchev–Trinajstić information content (AvgIpc) is 2.75. The highest BCUT2D eigenvalue weighted by atomic mass is 32.2. The first-order chi connectivity index (χ1) is 8.79. The molecule has 0 aromatic rings. The predicted molar refractivity (Wildman–Crippen MR) is 72.7 cm³/mol. The summed E-state index contributed by atoms with van der Waals surface area (Å²) < 4.78 is 19.1. The van der Waals surface area contributed by atoms with Gasteiger partial charge >= 0.3 is 0 Å². The lowest BCUT2D eigenvalue weighted by Gasteiger charge is -2.22. The zero-order chi connectivity index (χ0) is 12.8. The smallest absolute Gasteiger partial charge is 0.269 e. The molecule has 0 aromatic heterocycles. The monoisotopic (exact) mass is 272 g/mol. The summed E-state index contributed by atoms with van der Waals surface area (Å²) in [4.78, 5) is 0. The Morgan fingerprint density at radius 2 is 1.83 bits per heavy atom. The lowest BCUT2D eigenvalue weighted by atomic mass is 9.89. The lowest BCUT2D eigenvalue weighted by molar-refractivity contribution is 0.300. The Balaban J connectivity index is 1.82. The van der Waals surface area contributed by atoms with Crippen LogP contribution in [-0.2, 0) is 11.2 Å². The molecule has 6 nitrogen and oxygen atoms in total. The third-order valence-corrected chi connectivity index (χ3v) is 3.93. The van der Waals surface area contributed by atoms with Crippen molar-refractivity contribution in [3.05, 3.63) is 0 Å². The van der Waals surface area contributed by atoms with Crippen molar-refractivity contribution in [2.45, 2.75) is 32.1 Å². The van der Waals surface area contributed by atoms with Crippen molar-refractivity contribution in [1.82, 2.24) is 10.6 Å². The highest BCUT2D eigenvalue weighted by molar-refractivity contribution is 7.83. The first-order valence-electron chi connectivity index (χ1n) is 6.48. The highest BCUT2D eigenvalue weighted by Gasteiger charge is 2.20. The Morgan fingerprint density at radius 3 is 2.50 bits per heavy atom. The van der Waals surface area contributed by atoms with E-state index in [0.29, 0.717) is 24.1 Å². The van der Waals surface area contributed by atoms with Crippen LogP contribution in [0.5, 0.6) is 0 Å². The predicted octanol–water partition coefficient (Wildman–Crippen LogP) is 0.127. The van der Waals surface area contributed by atoms with Crippen molar-refractivity contribution in [2.24, 2.45) is 14.7 Å². The van der Waals surface area contributed by atoms with Gasteiger partial charge in [-0.25, -0.2) is 4.21 Å². The minimum absolute atomic E-state index is 0.0154. The largest absolute Gasteiger partial charge is 0.395 e. The first kappa shape index (κ1) is 13.5. The summed E-state index contributed by atoms with van der Waals surface area (Å²) in [5.41, 5.74) is 0. The van der Waals surface area contributed by atoms with E-state index in [1.54, 1.807) is 0 Å². The van der Waals surface area contributed by atoms with Gasteiger partial charge < -0.3 is 15.7 Å². The Hall–Kier alpha value is -0.950. The molecule has 18 heavy (non-hydrogen) atoms. The van der Waals surface area contributed by atoms with Crippen molar-refractivity contribution in [3.8, 4) is 0 Å². The third-order valence-electron chi connectivity index (χ3n) is 3.25. The summed E-state index contributed by atoms with van der Waals surface area (Å²) >= 11 is -1.52. The molecule has 1 fully saturated rings. The maximum Gasteiger partial charge on any atom is 0.269 e. The van der Waals surface area contributed by atoms with E-state index in [1.165, 1.54) is 32.1 Å². The minimum Gasteiger partial charge on any atom is -0.395 e. The van der Waals surface area contributed by atoms with Crippen molar-refractivity contribution >= 4 is 22.8 Å². The van der Waals surface area contributed by atoms with Gasteiger partial charge in [0.05, 0.1) is 6.61 Å². The van der Waals surface area contributed by atoms with Crippen LogP contribution in [0.1, 0.15) is 32.1 Å². The Morgan fingerprint density at radius 1 is 1.17 bits per heavy atom. The average molecular weight is 272 g/mol. The van der Waals surface area contributed by atoms with E-state index in [1.807, 2.05) is 0 Å². The van der Waals surface area contributed by atoms with Crippen molar-refractivity contribution < 1.29 is 9.32 Å². The quantitative estimate of drug-likeness (QED) is 0.679. The van der Waals surface area contributed by atoms with Crippen molar-refractivity contribution in [1.29, 1.82) is 0 Å². The third kappa shape index (κ3) is 3.78. The number of hydrogen-bond acceptors (Lipinski definition) is 4. The van der Waals surface area contributed by atoms with Crippen LogP contribution >= 0.6 is 0 Å². The summed E-state index contributed by atoms with van der Waals surface area (Å²) in [7, 11) is 0. The van der Waals surface area contributed by atoms with Gasteiger partial charge in [0, 0.05) is 13.1 Å². The maximum absolute atomic E-state index is 11.3. The van der Waals surface area contributed by atoms with Crippen LogP contribution in [0.2, 0.25) is 0 Å². The fourth-order valence-electron chi connectivity index (χ4n) is 2.30. The van der Waals surface area contributed by atoms with Crippen LogP contribution in [0.4, 0.5) is 0 Å². The van der Waals surface area contributed by atoms with Crippen LogP contribution in [0.3, 0.4) is 0 Å². The molecule has 7 heteroatoms. The molecule has 0 radical (unpaired) electrons. The van der Waals surface area contributed by atoms with Gasteiger partial charge in [-0.3, -0.25) is 0 Å². The molecule has 1 heterocycles. The van der Waals surface area contributed by atoms with Crippen LogP contribution in [-0.4, -0.2) is 40.7 Å². The molecule has 1 saturated carbocycles. The van der Waals surface area contributed by atoms with Gasteiger partial charge in [0.25, 0.3) is 11.2 Å². The molecule has 2 rings (SSSR count). The number of nitrogens with one attached hydrogen (secondary N) is 2. The molecule has 0 amide bonds. The first-order valence-corrected chi connectivity index (χ1v) is 7.54. The standard InChI is InChI=1S/C11H20N4O2S/c16-7-6-12-10-11(15-18(17)14-10)13-8-9-4-2-1-3-5-9/h9,16H,1-8H2,(H,12,14)(H,13,15). The van der Waals surface area contributed by atoms with Crippen LogP contribution in [0.25, 0.3) is 0 Å². The van der Waals surface area contributed by atoms with E-state index in [-0.39, 0.29) is 6.61 Å². The van der Waals surface area contributed by atoms with E-state index in [4.69, 9.17) is 5.11 Å². The van der Waals surface area contributed by atoms with Gasteiger partial charge in [0.2, 0.25) is 0 Å². The van der Waals surface area contributed by atoms with E-state index in [9.17, 15) is 4.21 Å². The maximum atomic E-state index is 11.3. The van der Waals surface area contributed by atoms with Crippen molar-refractivity contribution in [2.75, 3.05) is 19.7 Å².